The minimum absolute atomic E-state index is 0.0301. The van der Waals surface area contributed by atoms with Crippen LogP contribution in [0.15, 0.2) is 53.4 Å². The number of fused-ring (bicyclic) bond motifs is 1. The van der Waals surface area contributed by atoms with Gasteiger partial charge in [-0.25, -0.2) is 13.1 Å². The molecule has 0 saturated heterocycles. The summed E-state index contributed by atoms with van der Waals surface area (Å²) in [5.74, 6) is 0.785. The maximum atomic E-state index is 12.4. The van der Waals surface area contributed by atoms with Crippen LogP contribution >= 0.6 is 0 Å². The second-order valence-electron chi connectivity index (χ2n) is 5.57. The summed E-state index contributed by atoms with van der Waals surface area (Å²) in [5.41, 5.74) is 0.592. The molecule has 2 aromatic rings. The Hall–Kier alpha value is -2.45. The van der Waals surface area contributed by atoms with Crippen LogP contribution in [0.2, 0.25) is 0 Å². The topological polar surface area (TPSA) is 98.5 Å². The highest BCUT2D eigenvalue weighted by Crippen LogP contribution is 2.27. The molecule has 7 nitrogen and oxygen atoms in total. The molecule has 1 aliphatic rings. The van der Waals surface area contributed by atoms with Crippen molar-refractivity contribution in [1.29, 1.82) is 0 Å². The van der Waals surface area contributed by atoms with Crippen molar-refractivity contribution in [3.63, 3.8) is 0 Å². The molecular weight excluding hydrogens is 332 g/mol. The molecule has 0 aliphatic carbocycles. The Morgan fingerprint density at radius 2 is 1.88 bits per heavy atom. The normalized spacial score (nSPS) is 16.9. The highest BCUT2D eigenvalue weighted by molar-refractivity contribution is 7.89. The van der Waals surface area contributed by atoms with Gasteiger partial charge in [-0.05, 0) is 24.1 Å². The third-order valence-corrected chi connectivity index (χ3v) is 5.34. The second-order valence-corrected chi connectivity index (χ2v) is 7.30. The molecule has 3 rings (SSSR count). The monoisotopic (exact) mass is 348 g/mol. The van der Waals surface area contributed by atoms with E-state index < -0.39 is 20.6 Å². The number of nitro groups is 1. The number of sulfonamides is 1. The van der Waals surface area contributed by atoms with Gasteiger partial charge >= 0.3 is 0 Å². The van der Waals surface area contributed by atoms with E-state index in [1.165, 1.54) is 24.3 Å². The summed E-state index contributed by atoms with van der Waals surface area (Å²) >= 11 is 0. The van der Waals surface area contributed by atoms with Gasteiger partial charge in [0.25, 0.3) is 5.69 Å². The fourth-order valence-corrected chi connectivity index (χ4v) is 3.95. The van der Waals surface area contributed by atoms with Crippen molar-refractivity contribution in [2.75, 3.05) is 13.2 Å². The predicted molar refractivity (Wildman–Crippen MR) is 87.4 cm³/mol. The Kier molecular flexibility index (Phi) is 4.50. The molecule has 1 aliphatic heterocycles. The van der Waals surface area contributed by atoms with E-state index in [-0.39, 0.29) is 17.4 Å². The molecule has 24 heavy (non-hydrogen) atoms. The number of hydrogen-bond acceptors (Lipinski definition) is 5. The molecule has 0 saturated carbocycles. The van der Waals surface area contributed by atoms with Crippen LogP contribution in [0.25, 0.3) is 0 Å². The number of hydrogen-bond donors (Lipinski definition) is 1. The third kappa shape index (κ3) is 3.39. The van der Waals surface area contributed by atoms with E-state index in [9.17, 15) is 18.5 Å². The number of nitrogens with zero attached hydrogens (tertiary/aromatic N) is 1. The Balaban J connectivity index is 1.72. The molecule has 1 atom stereocenters. The van der Waals surface area contributed by atoms with Crippen LogP contribution in [0.1, 0.15) is 5.56 Å². The summed E-state index contributed by atoms with van der Waals surface area (Å²) in [6.07, 6.45) is 0.690. The molecule has 0 aromatic heterocycles. The molecule has 8 heteroatoms. The fourth-order valence-electron chi connectivity index (χ4n) is 2.66. The van der Waals surface area contributed by atoms with Gasteiger partial charge in [0.2, 0.25) is 10.0 Å². The summed E-state index contributed by atoms with van der Waals surface area (Å²) in [7, 11) is -3.96. The molecule has 126 valence electrons. The van der Waals surface area contributed by atoms with Crippen molar-refractivity contribution in [3.8, 4) is 5.75 Å². The zero-order chi connectivity index (χ0) is 17.2. The lowest BCUT2D eigenvalue weighted by atomic mass is 9.97. The Morgan fingerprint density at radius 1 is 1.17 bits per heavy atom. The molecular formula is C16H16N2O5S. The molecule has 0 radical (unpaired) electrons. The van der Waals surface area contributed by atoms with E-state index in [1.54, 1.807) is 0 Å². The van der Waals surface area contributed by atoms with Crippen molar-refractivity contribution in [2.45, 2.75) is 11.3 Å². The van der Waals surface area contributed by atoms with E-state index in [1.807, 2.05) is 24.3 Å². The molecule has 2 aromatic carbocycles. The van der Waals surface area contributed by atoms with Crippen molar-refractivity contribution >= 4 is 15.7 Å². The van der Waals surface area contributed by atoms with Gasteiger partial charge in [0.1, 0.15) is 5.75 Å². The number of benzene rings is 2. The average molecular weight is 348 g/mol. The fraction of sp³-hybridized carbons (Fsp3) is 0.250. The van der Waals surface area contributed by atoms with E-state index in [0.717, 1.165) is 11.3 Å². The third-order valence-electron chi connectivity index (χ3n) is 3.87. The zero-order valence-electron chi connectivity index (χ0n) is 12.7. The lowest BCUT2D eigenvalue weighted by Gasteiger charge is -2.25. The molecule has 0 fully saturated rings. The first-order valence-corrected chi connectivity index (χ1v) is 8.89. The first kappa shape index (κ1) is 16.4. The minimum atomic E-state index is -3.96. The summed E-state index contributed by atoms with van der Waals surface area (Å²) in [6.45, 7) is 0.555. The molecule has 0 spiro atoms. The van der Waals surface area contributed by atoms with Crippen molar-refractivity contribution in [1.82, 2.24) is 4.72 Å². The van der Waals surface area contributed by atoms with Gasteiger partial charge in [-0.2, -0.15) is 0 Å². The minimum Gasteiger partial charge on any atom is -0.493 e. The molecule has 1 N–H and O–H groups in total. The van der Waals surface area contributed by atoms with Gasteiger partial charge in [0.05, 0.1) is 11.5 Å². The summed E-state index contributed by atoms with van der Waals surface area (Å²) in [6, 6.07) is 12.9. The molecule has 1 unspecified atom stereocenters. The smallest absolute Gasteiger partial charge is 0.289 e. The highest BCUT2D eigenvalue weighted by atomic mass is 32.2. The largest absolute Gasteiger partial charge is 0.493 e. The van der Waals surface area contributed by atoms with Crippen LogP contribution < -0.4 is 9.46 Å². The Bertz CT molecular complexity index is 866. The van der Waals surface area contributed by atoms with E-state index >= 15 is 0 Å². The van der Waals surface area contributed by atoms with Gasteiger partial charge in [0, 0.05) is 18.5 Å². The van der Waals surface area contributed by atoms with Crippen molar-refractivity contribution in [3.05, 3.63) is 64.2 Å². The SMILES string of the molecule is O=[N+]([O-])c1ccccc1S(=O)(=O)NCC1COc2ccccc2C1. The first-order chi connectivity index (χ1) is 11.5. The standard InChI is InChI=1S/C16H16N2O5S/c19-18(20)14-6-2-4-8-16(14)24(21,22)17-10-12-9-13-5-1-3-7-15(13)23-11-12/h1-8,12,17H,9-11H2. The highest BCUT2D eigenvalue weighted by Gasteiger charge is 2.27. The van der Waals surface area contributed by atoms with Crippen LogP contribution in [0.3, 0.4) is 0 Å². The van der Waals surface area contributed by atoms with Crippen molar-refractivity contribution in [2.24, 2.45) is 5.92 Å². The first-order valence-electron chi connectivity index (χ1n) is 7.41. The van der Waals surface area contributed by atoms with Crippen LogP contribution in [0.4, 0.5) is 5.69 Å². The molecule has 0 amide bonds. The van der Waals surface area contributed by atoms with E-state index in [0.29, 0.717) is 13.0 Å². The Labute approximate surface area is 139 Å². The quantitative estimate of drug-likeness (QED) is 0.659. The average Bonchev–Trinajstić information content (AvgIpc) is 2.60. The van der Waals surface area contributed by atoms with Gasteiger partial charge in [-0.15, -0.1) is 0 Å². The number of nitro benzene ring substituents is 1. The van der Waals surface area contributed by atoms with E-state index in [4.69, 9.17) is 4.74 Å². The summed E-state index contributed by atoms with van der Waals surface area (Å²) in [5, 5.41) is 11.0. The van der Waals surface area contributed by atoms with Gasteiger partial charge in [-0.1, -0.05) is 30.3 Å². The van der Waals surface area contributed by atoms with Crippen LogP contribution in [-0.4, -0.2) is 26.5 Å². The van der Waals surface area contributed by atoms with Crippen LogP contribution in [0, 0.1) is 16.0 Å². The number of nitrogens with one attached hydrogen (secondary N) is 1. The number of ether oxygens (including phenoxy) is 1. The predicted octanol–water partition coefficient (Wildman–Crippen LogP) is 2.12. The van der Waals surface area contributed by atoms with E-state index in [2.05, 4.69) is 4.72 Å². The lowest BCUT2D eigenvalue weighted by molar-refractivity contribution is -0.387. The second kappa shape index (κ2) is 6.58. The summed E-state index contributed by atoms with van der Waals surface area (Å²) < 4.78 is 32.9. The summed E-state index contributed by atoms with van der Waals surface area (Å²) in [4.78, 5) is 9.98. The maximum absolute atomic E-state index is 12.4. The van der Waals surface area contributed by atoms with Crippen molar-refractivity contribution < 1.29 is 18.1 Å². The Morgan fingerprint density at radius 3 is 2.67 bits per heavy atom. The maximum Gasteiger partial charge on any atom is 0.289 e. The van der Waals surface area contributed by atoms with Gasteiger partial charge in [-0.3, -0.25) is 10.1 Å². The molecule has 0 bridgehead atoms. The zero-order valence-corrected chi connectivity index (χ0v) is 13.5. The lowest BCUT2D eigenvalue weighted by Crippen LogP contribution is -2.35. The van der Waals surface area contributed by atoms with Crippen LogP contribution in [0.5, 0.6) is 5.75 Å². The molecule has 1 heterocycles. The number of para-hydroxylation sites is 2. The van der Waals surface area contributed by atoms with Gasteiger partial charge < -0.3 is 4.74 Å². The number of rotatable bonds is 5. The van der Waals surface area contributed by atoms with Crippen LogP contribution in [-0.2, 0) is 16.4 Å². The van der Waals surface area contributed by atoms with Gasteiger partial charge in [0.15, 0.2) is 4.90 Å².